The Hall–Kier alpha value is -2.83. The Balaban J connectivity index is 2.36. The van der Waals surface area contributed by atoms with Crippen molar-refractivity contribution < 1.29 is 28.6 Å². The maximum Gasteiger partial charge on any atom is 0.414 e. The highest BCUT2D eigenvalue weighted by Gasteiger charge is 2.49. The fourth-order valence-corrected chi connectivity index (χ4v) is 2.14. The van der Waals surface area contributed by atoms with Crippen LogP contribution in [0.3, 0.4) is 0 Å². The van der Waals surface area contributed by atoms with Gasteiger partial charge >= 0.3 is 12.1 Å². The number of ether oxygens (including phenoxy) is 3. The van der Waals surface area contributed by atoms with Gasteiger partial charge in [0.15, 0.2) is 5.60 Å². The third kappa shape index (κ3) is 3.33. The number of carbonyl (C=O) groups excluding carboxylic acids is 3. The fraction of sp³-hybridized carbons (Fsp3) is 0.312. The van der Waals surface area contributed by atoms with Crippen molar-refractivity contribution in [2.24, 2.45) is 0 Å². The number of esters is 1. The first kappa shape index (κ1) is 16.5. The summed E-state index contributed by atoms with van der Waals surface area (Å²) >= 11 is 0. The molecule has 122 valence electrons. The van der Waals surface area contributed by atoms with Gasteiger partial charge in [-0.1, -0.05) is 30.3 Å². The molecule has 0 bridgehead atoms. The predicted molar refractivity (Wildman–Crippen MR) is 78.8 cm³/mol. The standard InChI is InChI=1S/C16H17NO6/c1-4-21-15(20)17-14-12(22-10(2)18)13(19)16(3,23-14)11-8-6-5-7-9-11/h5-9H,4H2,1-3H3,(H,17,20). The van der Waals surface area contributed by atoms with Crippen LogP contribution in [0.4, 0.5) is 4.79 Å². The minimum Gasteiger partial charge on any atom is -0.456 e. The van der Waals surface area contributed by atoms with Crippen molar-refractivity contribution in [3.05, 3.63) is 47.5 Å². The molecule has 0 aromatic heterocycles. The molecule has 7 nitrogen and oxygen atoms in total. The zero-order valence-electron chi connectivity index (χ0n) is 13.0. The minimum absolute atomic E-state index is 0.145. The Morgan fingerprint density at radius 3 is 2.48 bits per heavy atom. The van der Waals surface area contributed by atoms with Gasteiger partial charge in [-0.25, -0.2) is 4.79 Å². The normalized spacial score (nSPS) is 20.0. The van der Waals surface area contributed by atoms with E-state index in [1.807, 2.05) is 0 Å². The summed E-state index contributed by atoms with van der Waals surface area (Å²) in [6.45, 7) is 4.47. The van der Waals surface area contributed by atoms with Gasteiger partial charge in [-0.2, -0.15) is 0 Å². The molecular weight excluding hydrogens is 302 g/mol. The zero-order chi connectivity index (χ0) is 17.0. The molecule has 0 aliphatic carbocycles. The number of amides is 1. The van der Waals surface area contributed by atoms with Gasteiger partial charge in [0.1, 0.15) is 0 Å². The fourth-order valence-electron chi connectivity index (χ4n) is 2.14. The molecular formula is C16H17NO6. The van der Waals surface area contributed by atoms with Gasteiger partial charge in [0, 0.05) is 12.5 Å². The summed E-state index contributed by atoms with van der Waals surface area (Å²) in [4.78, 5) is 35.5. The maximum atomic E-state index is 12.7. The van der Waals surface area contributed by atoms with Crippen molar-refractivity contribution in [2.75, 3.05) is 6.61 Å². The summed E-state index contributed by atoms with van der Waals surface area (Å²) in [6.07, 6.45) is -0.808. The summed E-state index contributed by atoms with van der Waals surface area (Å²) < 4.78 is 15.3. The van der Waals surface area contributed by atoms with Crippen molar-refractivity contribution >= 4 is 17.8 Å². The Kier molecular flexibility index (Phi) is 4.68. The highest BCUT2D eigenvalue weighted by Crippen LogP contribution is 2.38. The van der Waals surface area contributed by atoms with Gasteiger partial charge < -0.3 is 14.2 Å². The molecule has 7 heteroatoms. The number of carbonyl (C=O) groups is 3. The van der Waals surface area contributed by atoms with E-state index in [9.17, 15) is 14.4 Å². The van der Waals surface area contributed by atoms with Crippen LogP contribution in [-0.2, 0) is 29.4 Å². The maximum absolute atomic E-state index is 12.7. The van der Waals surface area contributed by atoms with Gasteiger partial charge in [-0.3, -0.25) is 14.9 Å². The third-order valence-corrected chi connectivity index (χ3v) is 3.21. The molecule has 1 heterocycles. The van der Waals surface area contributed by atoms with Crippen molar-refractivity contribution in [2.45, 2.75) is 26.4 Å². The summed E-state index contributed by atoms with van der Waals surface area (Å²) in [7, 11) is 0. The van der Waals surface area contributed by atoms with E-state index in [1.165, 1.54) is 6.92 Å². The van der Waals surface area contributed by atoms with Crippen molar-refractivity contribution in [1.82, 2.24) is 5.32 Å². The third-order valence-electron chi connectivity index (χ3n) is 3.21. The molecule has 1 amide bonds. The number of rotatable bonds is 4. The van der Waals surface area contributed by atoms with Gasteiger partial charge in [0.05, 0.1) is 6.61 Å². The van der Waals surface area contributed by atoms with Crippen LogP contribution in [0.2, 0.25) is 0 Å². The first-order valence-corrected chi connectivity index (χ1v) is 7.04. The average Bonchev–Trinajstić information content (AvgIpc) is 2.73. The first-order valence-electron chi connectivity index (χ1n) is 7.04. The molecule has 1 unspecified atom stereocenters. The highest BCUT2D eigenvalue weighted by molar-refractivity contribution is 6.04. The van der Waals surface area contributed by atoms with Crippen LogP contribution in [0.25, 0.3) is 0 Å². The molecule has 0 saturated heterocycles. The van der Waals surface area contributed by atoms with E-state index < -0.39 is 23.4 Å². The lowest BCUT2D eigenvalue weighted by atomic mass is 9.92. The molecule has 0 saturated carbocycles. The Morgan fingerprint density at radius 1 is 1.26 bits per heavy atom. The number of alkyl carbamates (subject to hydrolysis) is 1. The smallest absolute Gasteiger partial charge is 0.414 e. The monoisotopic (exact) mass is 319 g/mol. The largest absolute Gasteiger partial charge is 0.456 e. The van der Waals surface area contributed by atoms with E-state index >= 15 is 0 Å². The molecule has 0 spiro atoms. The zero-order valence-corrected chi connectivity index (χ0v) is 13.0. The van der Waals surface area contributed by atoms with Gasteiger partial charge in [-0.15, -0.1) is 0 Å². The minimum atomic E-state index is -1.40. The molecule has 23 heavy (non-hydrogen) atoms. The van der Waals surface area contributed by atoms with E-state index in [0.29, 0.717) is 5.56 Å². The number of nitrogens with one attached hydrogen (secondary N) is 1. The lowest BCUT2D eigenvalue weighted by molar-refractivity contribution is -0.142. The van der Waals surface area contributed by atoms with Crippen molar-refractivity contribution in [1.29, 1.82) is 0 Å². The van der Waals surface area contributed by atoms with E-state index in [1.54, 1.807) is 37.3 Å². The number of hydrogen-bond acceptors (Lipinski definition) is 6. The highest BCUT2D eigenvalue weighted by atomic mass is 16.6. The van der Waals surface area contributed by atoms with Crippen LogP contribution >= 0.6 is 0 Å². The number of hydrogen-bond donors (Lipinski definition) is 1. The quantitative estimate of drug-likeness (QED) is 0.853. The summed E-state index contributed by atoms with van der Waals surface area (Å²) in [5.74, 6) is -1.85. The Bertz CT molecular complexity index is 666. The first-order chi connectivity index (χ1) is 10.9. The van der Waals surface area contributed by atoms with Crippen molar-refractivity contribution in [3.8, 4) is 0 Å². The molecule has 1 aliphatic rings. The lowest BCUT2D eigenvalue weighted by Crippen LogP contribution is -2.32. The Labute approximate surface area is 133 Å². The summed E-state index contributed by atoms with van der Waals surface area (Å²) in [5, 5.41) is 2.29. The van der Waals surface area contributed by atoms with E-state index in [2.05, 4.69) is 5.32 Å². The number of Topliss-reactive ketones (excluding diaryl/α,β-unsaturated/α-hetero) is 1. The van der Waals surface area contributed by atoms with Crippen LogP contribution < -0.4 is 5.32 Å². The lowest BCUT2D eigenvalue weighted by Gasteiger charge is -2.23. The molecule has 1 aromatic carbocycles. The molecule has 1 aliphatic heterocycles. The summed E-state index contributed by atoms with van der Waals surface area (Å²) in [5.41, 5.74) is -0.837. The Morgan fingerprint density at radius 2 is 1.91 bits per heavy atom. The van der Waals surface area contributed by atoms with E-state index in [4.69, 9.17) is 14.2 Å². The second-order valence-corrected chi connectivity index (χ2v) is 4.93. The molecule has 2 rings (SSSR count). The van der Waals surface area contributed by atoms with Gasteiger partial charge in [0.2, 0.25) is 11.6 Å². The molecule has 0 radical (unpaired) electrons. The topological polar surface area (TPSA) is 90.9 Å². The second kappa shape index (κ2) is 6.51. The van der Waals surface area contributed by atoms with E-state index in [-0.39, 0.29) is 18.2 Å². The van der Waals surface area contributed by atoms with Crippen LogP contribution in [0.15, 0.2) is 42.0 Å². The van der Waals surface area contributed by atoms with Crippen molar-refractivity contribution in [3.63, 3.8) is 0 Å². The van der Waals surface area contributed by atoms with Gasteiger partial charge in [-0.05, 0) is 13.8 Å². The second-order valence-electron chi connectivity index (χ2n) is 4.93. The van der Waals surface area contributed by atoms with Crippen LogP contribution in [-0.4, -0.2) is 24.5 Å². The van der Waals surface area contributed by atoms with Crippen LogP contribution in [0, 0.1) is 0 Å². The molecule has 1 N–H and O–H groups in total. The van der Waals surface area contributed by atoms with Crippen LogP contribution in [0.1, 0.15) is 26.3 Å². The molecule has 1 aromatic rings. The van der Waals surface area contributed by atoms with Gasteiger partial charge in [0.25, 0.3) is 5.78 Å². The average molecular weight is 319 g/mol. The predicted octanol–water partition coefficient (Wildman–Crippen LogP) is 1.98. The van der Waals surface area contributed by atoms with Crippen LogP contribution in [0.5, 0.6) is 0 Å². The number of ketones is 1. The van der Waals surface area contributed by atoms with E-state index in [0.717, 1.165) is 6.92 Å². The summed E-state index contributed by atoms with van der Waals surface area (Å²) in [6, 6.07) is 8.71. The molecule has 1 atom stereocenters. The SMILES string of the molecule is CCOC(=O)NC1=C(OC(C)=O)C(=O)C(C)(c2ccccc2)O1. The number of benzene rings is 1. The molecule has 0 fully saturated rings.